The molecular formula is C18H16N2O3S. The summed E-state index contributed by atoms with van der Waals surface area (Å²) in [4.78, 5) is 42.4. The normalized spacial score (nSPS) is 19.9. The number of nitrogens with zero attached hydrogens (tertiary/aromatic N) is 2. The molecule has 0 radical (unpaired) electrons. The summed E-state index contributed by atoms with van der Waals surface area (Å²) in [6, 6.07) is 10.1. The van der Waals surface area contributed by atoms with E-state index in [9.17, 15) is 14.4 Å². The average Bonchev–Trinajstić information content (AvgIpc) is 3.24. The molecular weight excluding hydrogens is 324 g/mol. The Bertz CT molecular complexity index is 815. The number of hydrogen-bond acceptors (Lipinski definition) is 4. The number of imide groups is 1. The molecule has 4 rings (SSSR count). The number of thiophene rings is 1. The molecule has 3 heterocycles. The molecule has 1 saturated heterocycles. The highest BCUT2D eigenvalue weighted by molar-refractivity contribution is 7.10. The number of carbonyl (C=O) groups excluding carboxylic acids is 3. The molecule has 2 aliphatic rings. The van der Waals surface area contributed by atoms with Crippen molar-refractivity contribution < 1.29 is 14.4 Å². The molecule has 1 aromatic heterocycles. The van der Waals surface area contributed by atoms with Gasteiger partial charge in [0, 0.05) is 11.4 Å². The molecule has 2 aliphatic heterocycles. The van der Waals surface area contributed by atoms with Crippen molar-refractivity contribution in [2.24, 2.45) is 0 Å². The van der Waals surface area contributed by atoms with Gasteiger partial charge in [-0.25, -0.2) is 4.90 Å². The van der Waals surface area contributed by atoms with Gasteiger partial charge in [0.1, 0.15) is 6.04 Å². The zero-order valence-electron chi connectivity index (χ0n) is 13.0. The molecule has 122 valence electrons. The van der Waals surface area contributed by atoms with Gasteiger partial charge in [-0.2, -0.15) is 0 Å². The zero-order valence-corrected chi connectivity index (χ0v) is 13.8. The Kier molecular flexibility index (Phi) is 3.69. The van der Waals surface area contributed by atoms with Gasteiger partial charge in [-0.3, -0.25) is 14.4 Å². The molecule has 5 nitrogen and oxygen atoms in total. The second-order valence-corrected chi connectivity index (χ2v) is 7.03. The van der Waals surface area contributed by atoms with Crippen LogP contribution in [0.15, 0.2) is 41.8 Å². The van der Waals surface area contributed by atoms with Crippen LogP contribution in [0.25, 0.3) is 0 Å². The maximum atomic E-state index is 13.0. The summed E-state index contributed by atoms with van der Waals surface area (Å²) >= 11 is 1.49. The fraction of sp³-hybridized carbons (Fsp3) is 0.278. The number of benzene rings is 1. The van der Waals surface area contributed by atoms with E-state index in [0.29, 0.717) is 24.2 Å². The minimum atomic E-state index is -0.530. The standard InChI is InChI=1S/C18H16N2O3S/c21-16(11-12-5-4-10-24-12)20-14-7-2-1-6-13(14)17(22)19-9-3-8-15(19)18(20)23/h1-2,4-7,10,15H,3,8-9,11H2/t15-/m0/s1. The lowest BCUT2D eigenvalue weighted by Crippen LogP contribution is -2.47. The molecule has 0 unspecified atom stereocenters. The van der Waals surface area contributed by atoms with Gasteiger partial charge in [-0.1, -0.05) is 18.2 Å². The summed E-state index contributed by atoms with van der Waals surface area (Å²) < 4.78 is 0. The Labute approximate surface area is 143 Å². The fourth-order valence-corrected chi connectivity index (χ4v) is 4.13. The molecule has 0 N–H and O–H groups in total. The highest BCUT2D eigenvalue weighted by Crippen LogP contribution is 2.32. The molecule has 1 atom stereocenters. The predicted molar refractivity (Wildman–Crippen MR) is 91.0 cm³/mol. The van der Waals surface area contributed by atoms with Crippen molar-refractivity contribution in [1.82, 2.24) is 4.90 Å². The van der Waals surface area contributed by atoms with Crippen LogP contribution < -0.4 is 4.90 Å². The van der Waals surface area contributed by atoms with Crippen molar-refractivity contribution >= 4 is 34.7 Å². The van der Waals surface area contributed by atoms with E-state index in [2.05, 4.69) is 0 Å². The molecule has 0 spiro atoms. The van der Waals surface area contributed by atoms with Gasteiger partial charge in [-0.15, -0.1) is 11.3 Å². The molecule has 24 heavy (non-hydrogen) atoms. The Morgan fingerprint density at radius 1 is 1.17 bits per heavy atom. The van der Waals surface area contributed by atoms with Gasteiger partial charge in [0.2, 0.25) is 5.91 Å². The Hall–Kier alpha value is -2.47. The minimum Gasteiger partial charge on any atom is -0.327 e. The van der Waals surface area contributed by atoms with E-state index in [1.807, 2.05) is 17.5 Å². The lowest BCUT2D eigenvalue weighted by atomic mass is 10.1. The van der Waals surface area contributed by atoms with Gasteiger partial charge < -0.3 is 4.90 Å². The van der Waals surface area contributed by atoms with E-state index < -0.39 is 6.04 Å². The van der Waals surface area contributed by atoms with Crippen molar-refractivity contribution in [1.29, 1.82) is 0 Å². The van der Waals surface area contributed by atoms with E-state index in [1.54, 1.807) is 29.2 Å². The first-order valence-corrected chi connectivity index (χ1v) is 8.84. The Morgan fingerprint density at radius 3 is 2.79 bits per heavy atom. The van der Waals surface area contributed by atoms with Gasteiger partial charge in [0.25, 0.3) is 11.8 Å². The quantitative estimate of drug-likeness (QED) is 0.844. The first-order valence-electron chi connectivity index (χ1n) is 7.96. The van der Waals surface area contributed by atoms with Crippen molar-refractivity contribution in [3.63, 3.8) is 0 Å². The molecule has 1 fully saturated rings. The number of carbonyl (C=O) groups is 3. The summed E-state index contributed by atoms with van der Waals surface area (Å²) in [6.45, 7) is 0.566. The van der Waals surface area contributed by atoms with Gasteiger partial charge in [0.15, 0.2) is 0 Å². The van der Waals surface area contributed by atoms with Crippen LogP contribution >= 0.6 is 11.3 Å². The highest BCUT2D eigenvalue weighted by Gasteiger charge is 2.43. The molecule has 3 amide bonds. The summed E-state index contributed by atoms with van der Waals surface area (Å²) in [5.41, 5.74) is 0.832. The number of para-hydroxylation sites is 1. The number of anilines is 1. The van der Waals surface area contributed by atoms with Gasteiger partial charge in [0.05, 0.1) is 17.7 Å². The number of amides is 3. The van der Waals surface area contributed by atoms with E-state index in [4.69, 9.17) is 0 Å². The smallest absolute Gasteiger partial charge is 0.256 e. The number of hydrogen-bond donors (Lipinski definition) is 0. The van der Waals surface area contributed by atoms with Crippen LogP contribution in [0.4, 0.5) is 5.69 Å². The van der Waals surface area contributed by atoms with Gasteiger partial charge in [-0.05, 0) is 36.4 Å². The van der Waals surface area contributed by atoms with Crippen molar-refractivity contribution in [3.8, 4) is 0 Å². The van der Waals surface area contributed by atoms with Crippen LogP contribution in [0.2, 0.25) is 0 Å². The molecule has 0 bridgehead atoms. The minimum absolute atomic E-state index is 0.159. The van der Waals surface area contributed by atoms with Crippen LogP contribution in [0.3, 0.4) is 0 Å². The van der Waals surface area contributed by atoms with Crippen LogP contribution in [-0.4, -0.2) is 35.2 Å². The molecule has 1 aromatic carbocycles. The Morgan fingerprint density at radius 2 is 2.00 bits per heavy atom. The van der Waals surface area contributed by atoms with E-state index in [1.165, 1.54) is 16.2 Å². The summed E-state index contributed by atoms with van der Waals surface area (Å²) in [7, 11) is 0. The number of fused-ring (bicyclic) bond motifs is 2. The van der Waals surface area contributed by atoms with Crippen molar-refractivity contribution in [2.45, 2.75) is 25.3 Å². The lowest BCUT2D eigenvalue weighted by molar-refractivity contribution is -0.128. The van der Waals surface area contributed by atoms with Crippen molar-refractivity contribution in [2.75, 3.05) is 11.4 Å². The third kappa shape index (κ3) is 2.34. The second kappa shape index (κ2) is 5.87. The van der Waals surface area contributed by atoms with Crippen LogP contribution in [-0.2, 0) is 16.0 Å². The average molecular weight is 340 g/mol. The van der Waals surface area contributed by atoms with Crippen LogP contribution in [0.1, 0.15) is 28.1 Å². The largest absolute Gasteiger partial charge is 0.327 e. The monoisotopic (exact) mass is 340 g/mol. The first kappa shape index (κ1) is 15.1. The second-order valence-electron chi connectivity index (χ2n) is 6.00. The molecule has 0 saturated carbocycles. The molecule has 2 aromatic rings. The van der Waals surface area contributed by atoms with E-state index >= 15 is 0 Å². The van der Waals surface area contributed by atoms with Crippen LogP contribution in [0, 0.1) is 0 Å². The third-order valence-corrected chi connectivity index (χ3v) is 5.43. The maximum absolute atomic E-state index is 13.0. The molecule has 0 aliphatic carbocycles. The maximum Gasteiger partial charge on any atom is 0.256 e. The highest BCUT2D eigenvalue weighted by atomic mass is 32.1. The zero-order chi connectivity index (χ0) is 16.7. The van der Waals surface area contributed by atoms with Gasteiger partial charge >= 0.3 is 0 Å². The topological polar surface area (TPSA) is 57.7 Å². The SMILES string of the molecule is O=C(Cc1cccs1)N1C(=O)[C@@H]2CCCN2C(=O)c2ccccc21. The molecule has 6 heteroatoms. The summed E-state index contributed by atoms with van der Waals surface area (Å²) in [6.07, 6.45) is 1.57. The third-order valence-electron chi connectivity index (χ3n) is 4.55. The summed E-state index contributed by atoms with van der Waals surface area (Å²) in [5, 5.41) is 1.91. The van der Waals surface area contributed by atoms with Crippen molar-refractivity contribution in [3.05, 3.63) is 52.2 Å². The van der Waals surface area contributed by atoms with E-state index in [0.717, 1.165) is 11.3 Å². The first-order chi connectivity index (χ1) is 11.7. The lowest BCUT2D eigenvalue weighted by Gasteiger charge is -2.24. The fourth-order valence-electron chi connectivity index (χ4n) is 3.44. The number of rotatable bonds is 2. The Balaban J connectivity index is 1.78. The van der Waals surface area contributed by atoms with E-state index in [-0.39, 0.29) is 24.1 Å². The summed E-state index contributed by atoms with van der Waals surface area (Å²) in [5.74, 6) is -0.725. The van der Waals surface area contributed by atoms with Crippen LogP contribution in [0.5, 0.6) is 0 Å². The predicted octanol–water partition coefficient (Wildman–Crippen LogP) is 2.47.